The van der Waals surface area contributed by atoms with E-state index in [1.54, 1.807) is 6.20 Å². The van der Waals surface area contributed by atoms with Crippen molar-refractivity contribution in [3.05, 3.63) is 66.0 Å². The lowest BCUT2D eigenvalue weighted by Gasteiger charge is -2.38. The molecule has 3 rings (SSSR count). The van der Waals surface area contributed by atoms with Gasteiger partial charge >= 0.3 is 0 Å². The molecule has 0 saturated carbocycles. The molecular weight excluding hydrogens is 248 g/mol. The fraction of sp³-hybridized carbons (Fsp3) is 0.353. The maximum atomic E-state index is 10.8. The summed E-state index contributed by atoms with van der Waals surface area (Å²) < 4.78 is 0. The van der Waals surface area contributed by atoms with Gasteiger partial charge in [-0.3, -0.25) is 9.88 Å². The monoisotopic (exact) mass is 268 g/mol. The summed E-state index contributed by atoms with van der Waals surface area (Å²) in [5.41, 5.74) is 1.62. The third-order valence-electron chi connectivity index (χ3n) is 4.12. The molecule has 0 bridgehead atoms. The minimum absolute atomic E-state index is 0.660. The molecule has 1 aliphatic rings. The van der Waals surface area contributed by atoms with Gasteiger partial charge < -0.3 is 5.11 Å². The minimum Gasteiger partial charge on any atom is -0.385 e. The zero-order chi connectivity index (χ0) is 13.8. The first-order valence-electron chi connectivity index (χ1n) is 7.15. The van der Waals surface area contributed by atoms with Gasteiger partial charge in [0.25, 0.3) is 0 Å². The summed E-state index contributed by atoms with van der Waals surface area (Å²) in [6, 6.07) is 14.1. The second-order valence-electron chi connectivity index (χ2n) is 5.54. The number of benzene rings is 1. The lowest BCUT2D eigenvalue weighted by atomic mass is 9.84. The maximum absolute atomic E-state index is 10.8. The molecule has 0 radical (unpaired) electrons. The van der Waals surface area contributed by atoms with Crippen LogP contribution in [0.5, 0.6) is 0 Å². The molecule has 1 aromatic heterocycles. The van der Waals surface area contributed by atoms with Crippen molar-refractivity contribution in [2.75, 3.05) is 13.1 Å². The summed E-state index contributed by atoms with van der Waals surface area (Å²) >= 11 is 0. The average molecular weight is 268 g/mol. The van der Waals surface area contributed by atoms with Crippen LogP contribution in [0.25, 0.3) is 0 Å². The van der Waals surface area contributed by atoms with Gasteiger partial charge in [-0.05, 0) is 30.0 Å². The van der Waals surface area contributed by atoms with Gasteiger partial charge in [-0.1, -0.05) is 36.4 Å². The van der Waals surface area contributed by atoms with Crippen LogP contribution >= 0.6 is 0 Å². The number of hydrogen-bond acceptors (Lipinski definition) is 3. The molecule has 1 fully saturated rings. The van der Waals surface area contributed by atoms with Crippen LogP contribution in [-0.4, -0.2) is 28.1 Å². The van der Waals surface area contributed by atoms with E-state index in [-0.39, 0.29) is 0 Å². The molecule has 0 spiro atoms. The van der Waals surface area contributed by atoms with E-state index in [1.165, 1.54) is 5.56 Å². The summed E-state index contributed by atoms with van der Waals surface area (Å²) in [6.45, 7) is 2.75. The first-order valence-corrected chi connectivity index (χ1v) is 7.15. The maximum Gasteiger partial charge on any atom is 0.0920 e. The quantitative estimate of drug-likeness (QED) is 0.929. The summed E-state index contributed by atoms with van der Waals surface area (Å²) in [5, 5.41) is 10.8. The first kappa shape index (κ1) is 13.3. The van der Waals surface area contributed by atoms with Crippen LogP contribution in [0.4, 0.5) is 0 Å². The van der Waals surface area contributed by atoms with Crippen molar-refractivity contribution >= 4 is 0 Å². The molecular formula is C17H20N2O. The second-order valence-corrected chi connectivity index (χ2v) is 5.54. The lowest BCUT2D eigenvalue weighted by Crippen LogP contribution is -2.42. The van der Waals surface area contributed by atoms with Crippen LogP contribution in [0.15, 0.2) is 54.9 Å². The number of aliphatic hydroxyl groups is 1. The predicted octanol–water partition coefficient (Wildman–Crippen LogP) is 2.57. The highest BCUT2D eigenvalue weighted by molar-refractivity contribution is 5.23. The molecule has 0 amide bonds. The van der Waals surface area contributed by atoms with Crippen molar-refractivity contribution < 1.29 is 5.11 Å². The van der Waals surface area contributed by atoms with E-state index in [9.17, 15) is 5.11 Å². The largest absolute Gasteiger partial charge is 0.385 e. The van der Waals surface area contributed by atoms with E-state index in [4.69, 9.17) is 0 Å². The number of nitrogens with zero attached hydrogens (tertiary/aromatic N) is 2. The summed E-state index contributed by atoms with van der Waals surface area (Å²) in [5.74, 6) is 0. The van der Waals surface area contributed by atoms with Gasteiger partial charge in [0, 0.05) is 32.0 Å². The number of rotatable bonds is 3. The highest BCUT2D eigenvalue weighted by Gasteiger charge is 2.33. The Morgan fingerprint density at radius 2 is 1.80 bits per heavy atom. The van der Waals surface area contributed by atoms with E-state index < -0.39 is 5.60 Å². The van der Waals surface area contributed by atoms with Gasteiger partial charge in [0.1, 0.15) is 0 Å². The van der Waals surface area contributed by atoms with Crippen molar-refractivity contribution in [1.82, 2.24) is 9.88 Å². The number of likely N-dealkylation sites (tertiary alicyclic amines) is 1. The van der Waals surface area contributed by atoms with Gasteiger partial charge in [-0.15, -0.1) is 0 Å². The molecule has 3 heteroatoms. The Bertz CT molecular complexity index is 533. The molecule has 20 heavy (non-hydrogen) atoms. The molecule has 1 saturated heterocycles. The Balaban J connectivity index is 1.62. The molecule has 1 aromatic carbocycles. The SMILES string of the molecule is OC1(c2ccccc2)CCN(Cc2cccnc2)CC1. The zero-order valence-corrected chi connectivity index (χ0v) is 11.6. The van der Waals surface area contributed by atoms with Gasteiger partial charge in [-0.2, -0.15) is 0 Å². The highest BCUT2D eigenvalue weighted by atomic mass is 16.3. The van der Waals surface area contributed by atoms with Crippen LogP contribution < -0.4 is 0 Å². The molecule has 0 atom stereocenters. The lowest BCUT2D eigenvalue weighted by molar-refractivity contribution is -0.0277. The second kappa shape index (κ2) is 5.73. The normalized spacial score (nSPS) is 18.9. The van der Waals surface area contributed by atoms with Crippen molar-refractivity contribution in [1.29, 1.82) is 0 Å². The third kappa shape index (κ3) is 2.89. The highest BCUT2D eigenvalue weighted by Crippen LogP contribution is 2.32. The topological polar surface area (TPSA) is 36.4 Å². The first-order chi connectivity index (χ1) is 9.76. The van der Waals surface area contributed by atoms with Crippen LogP contribution in [0.3, 0.4) is 0 Å². The number of pyridine rings is 1. The smallest absolute Gasteiger partial charge is 0.0920 e. The number of hydrogen-bond donors (Lipinski definition) is 1. The number of piperidine rings is 1. The average Bonchev–Trinajstić information content (AvgIpc) is 2.52. The Hall–Kier alpha value is -1.71. The minimum atomic E-state index is -0.660. The Morgan fingerprint density at radius 3 is 2.45 bits per heavy atom. The third-order valence-corrected chi connectivity index (χ3v) is 4.12. The zero-order valence-electron chi connectivity index (χ0n) is 11.6. The van der Waals surface area contributed by atoms with Crippen LogP contribution in [-0.2, 0) is 12.1 Å². The summed E-state index contributed by atoms with van der Waals surface area (Å²) in [7, 11) is 0. The predicted molar refractivity (Wildman–Crippen MR) is 79.1 cm³/mol. The fourth-order valence-electron chi connectivity index (χ4n) is 2.87. The van der Waals surface area contributed by atoms with Gasteiger partial charge in [-0.25, -0.2) is 0 Å². The van der Waals surface area contributed by atoms with Crippen molar-refractivity contribution in [2.45, 2.75) is 25.0 Å². The molecule has 0 unspecified atom stereocenters. The van der Waals surface area contributed by atoms with Gasteiger partial charge in [0.05, 0.1) is 5.60 Å². The Labute approximate surface area is 119 Å². The molecule has 1 N–H and O–H groups in total. The molecule has 2 aromatic rings. The van der Waals surface area contributed by atoms with Crippen molar-refractivity contribution in [2.24, 2.45) is 0 Å². The van der Waals surface area contributed by atoms with E-state index in [0.717, 1.165) is 38.0 Å². The number of aromatic nitrogens is 1. The summed E-state index contributed by atoms with van der Waals surface area (Å²) in [6.07, 6.45) is 5.29. The molecule has 2 heterocycles. The van der Waals surface area contributed by atoms with Crippen molar-refractivity contribution in [3.63, 3.8) is 0 Å². The van der Waals surface area contributed by atoms with Gasteiger partial charge in [0.2, 0.25) is 0 Å². The van der Waals surface area contributed by atoms with E-state index in [2.05, 4.69) is 16.0 Å². The fourth-order valence-corrected chi connectivity index (χ4v) is 2.87. The van der Waals surface area contributed by atoms with Crippen LogP contribution in [0.1, 0.15) is 24.0 Å². The van der Waals surface area contributed by atoms with E-state index >= 15 is 0 Å². The Morgan fingerprint density at radius 1 is 1.05 bits per heavy atom. The van der Waals surface area contributed by atoms with Gasteiger partial charge in [0.15, 0.2) is 0 Å². The molecule has 3 nitrogen and oxygen atoms in total. The molecule has 1 aliphatic heterocycles. The molecule has 104 valence electrons. The summed E-state index contributed by atoms with van der Waals surface area (Å²) in [4.78, 5) is 6.53. The van der Waals surface area contributed by atoms with Crippen molar-refractivity contribution in [3.8, 4) is 0 Å². The molecule has 0 aliphatic carbocycles. The standard InChI is InChI=1S/C17H20N2O/c20-17(16-6-2-1-3-7-16)8-11-19(12-9-17)14-15-5-4-10-18-13-15/h1-7,10,13,20H,8-9,11-12,14H2. The van der Waals surface area contributed by atoms with Crippen LogP contribution in [0, 0.1) is 0 Å². The van der Waals surface area contributed by atoms with E-state index in [1.807, 2.05) is 42.6 Å². The Kier molecular flexibility index (Phi) is 3.81. The van der Waals surface area contributed by atoms with E-state index in [0.29, 0.717) is 0 Å². The van der Waals surface area contributed by atoms with Crippen LogP contribution in [0.2, 0.25) is 0 Å².